The number of rotatable bonds is 3. The van der Waals surface area contributed by atoms with Crippen molar-refractivity contribution in [3.63, 3.8) is 0 Å². The maximum Gasteiger partial charge on any atom is 0.252 e. The number of carbonyl (C=O) groups is 1. The summed E-state index contributed by atoms with van der Waals surface area (Å²) in [5, 5.41) is 6.39. The van der Waals surface area contributed by atoms with Crippen LogP contribution in [0, 0.1) is 12.8 Å². The van der Waals surface area contributed by atoms with Gasteiger partial charge in [-0.2, -0.15) is 0 Å². The van der Waals surface area contributed by atoms with Crippen LogP contribution in [0.3, 0.4) is 0 Å². The Balaban J connectivity index is 1.93. The molecule has 0 bridgehead atoms. The van der Waals surface area contributed by atoms with Crippen molar-refractivity contribution < 1.29 is 4.79 Å². The lowest BCUT2D eigenvalue weighted by molar-refractivity contribution is 0.0944. The molecule has 0 spiro atoms. The van der Waals surface area contributed by atoms with Gasteiger partial charge < -0.3 is 10.6 Å². The van der Waals surface area contributed by atoms with Gasteiger partial charge in [0.2, 0.25) is 0 Å². The van der Waals surface area contributed by atoms with Gasteiger partial charge in [-0.25, -0.2) is 0 Å². The molecule has 2 rings (SSSR count). The predicted molar refractivity (Wildman–Crippen MR) is 76.8 cm³/mol. The Kier molecular flexibility index (Phi) is 4.78. The first-order chi connectivity index (χ1) is 8.68. The fourth-order valence-electron chi connectivity index (χ4n) is 2.25. The Morgan fingerprint density at radius 3 is 3.11 bits per heavy atom. The average molecular weight is 311 g/mol. The minimum atomic E-state index is 0.0103. The molecule has 98 valence electrons. The van der Waals surface area contributed by atoms with Crippen LogP contribution in [0.2, 0.25) is 0 Å². The van der Waals surface area contributed by atoms with E-state index in [0.29, 0.717) is 5.92 Å². The molecule has 0 aliphatic carbocycles. The van der Waals surface area contributed by atoms with E-state index in [9.17, 15) is 4.79 Å². The molecular weight excluding hydrogens is 292 g/mol. The lowest BCUT2D eigenvalue weighted by Gasteiger charge is -2.23. The SMILES string of the molecule is Cc1cccc(C(=O)NCC2CCCNC2)c1Br. The Bertz CT molecular complexity index is 428. The van der Waals surface area contributed by atoms with Crippen LogP contribution >= 0.6 is 15.9 Å². The molecule has 0 saturated carbocycles. The van der Waals surface area contributed by atoms with Crippen LogP contribution in [0.15, 0.2) is 22.7 Å². The maximum atomic E-state index is 12.1. The second kappa shape index (κ2) is 6.34. The van der Waals surface area contributed by atoms with Crippen molar-refractivity contribution in [1.82, 2.24) is 10.6 Å². The van der Waals surface area contributed by atoms with Crippen LogP contribution in [0.4, 0.5) is 0 Å². The van der Waals surface area contributed by atoms with Crippen LogP contribution in [0.5, 0.6) is 0 Å². The summed E-state index contributed by atoms with van der Waals surface area (Å²) >= 11 is 3.47. The first-order valence-electron chi connectivity index (χ1n) is 6.42. The zero-order valence-corrected chi connectivity index (χ0v) is 12.2. The van der Waals surface area contributed by atoms with Crippen LogP contribution < -0.4 is 10.6 Å². The Morgan fingerprint density at radius 1 is 1.56 bits per heavy atom. The van der Waals surface area contributed by atoms with Gasteiger partial charge >= 0.3 is 0 Å². The van der Waals surface area contributed by atoms with E-state index < -0.39 is 0 Å². The van der Waals surface area contributed by atoms with Gasteiger partial charge in [-0.1, -0.05) is 12.1 Å². The number of carbonyl (C=O) groups excluding carboxylic acids is 1. The van der Waals surface area contributed by atoms with Gasteiger partial charge in [-0.05, 0) is 66.3 Å². The molecule has 3 nitrogen and oxygen atoms in total. The summed E-state index contributed by atoms with van der Waals surface area (Å²) < 4.78 is 0.893. The van der Waals surface area contributed by atoms with Crippen molar-refractivity contribution in [3.05, 3.63) is 33.8 Å². The van der Waals surface area contributed by atoms with Gasteiger partial charge in [0.15, 0.2) is 0 Å². The summed E-state index contributed by atoms with van der Waals surface area (Å²) in [6.07, 6.45) is 2.40. The molecule has 1 aromatic carbocycles. The quantitative estimate of drug-likeness (QED) is 0.900. The largest absolute Gasteiger partial charge is 0.352 e. The number of amides is 1. The van der Waals surface area contributed by atoms with Crippen molar-refractivity contribution in [2.75, 3.05) is 19.6 Å². The molecule has 1 heterocycles. The average Bonchev–Trinajstić information content (AvgIpc) is 2.40. The summed E-state index contributed by atoms with van der Waals surface area (Å²) in [6, 6.07) is 5.76. The Labute approximate surface area is 116 Å². The minimum Gasteiger partial charge on any atom is -0.352 e. The third kappa shape index (κ3) is 3.33. The lowest BCUT2D eigenvalue weighted by atomic mass is 9.99. The highest BCUT2D eigenvalue weighted by Gasteiger charge is 2.16. The number of halogens is 1. The number of aryl methyl sites for hydroxylation is 1. The molecule has 0 radical (unpaired) electrons. The second-order valence-electron chi connectivity index (χ2n) is 4.86. The lowest BCUT2D eigenvalue weighted by Crippen LogP contribution is -2.38. The van der Waals surface area contributed by atoms with Crippen molar-refractivity contribution >= 4 is 21.8 Å². The number of benzene rings is 1. The Morgan fingerprint density at radius 2 is 2.39 bits per heavy atom. The summed E-state index contributed by atoms with van der Waals surface area (Å²) in [6.45, 7) is 4.86. The van der Waals surface area contributed by atoms with E-state index in [2.05, 4.69) is 26.6 Å². The molecule has 4 heteroatoms. The maximum absolute atomic E-state index is 12.1. The fourth-order valence-corrected chi connectivity index (χ4v) is 2.70. The van der Waals surface area contributed by atoms with Crippen LogP contribution in [-0.4, -0.2) is 25.5 Å². The van der Waals surface area contributed by atoms with Gasteiger partial charge in [0.05, 0.1) is 5.56 Å². The van der Waals surface area contributed by atoms with Gasteiger partial charge in [0.25, 0.3) is 5.91 Å². The molecule has 1 saturated heterocycles. The monoisotopic (exact) mass is 310 g/mol. The zero-order chi connectivity index (χ0) is 13.0. The third-order valence-electron chi connectivity index (χ3n) is 3.39. The van der Waals surface area contributed by atoms with Crippen LogP contribution in [0.1, 0.15) is 28.8 Å². The highest BCUT2D eigenvalue weighted by atomic mass is 79.9. The number of nitrogens with one attached hydrogen (secondary N) is 2. The number of hydrogen-bond acceptors (Lipinski definition) is 2. The zero-order valence-electron chi connectivity index (χ0n) is 10.6. The van der Waals surface area contributed by atoms with Gasteiger partial charge in [-0.15, -0.1) is 0 Å². The van der Waals surface area contributed by atoms with Crippen LogP contribution in [0.25, 0.3) is 0 Å². The summed E-state index contributed by atoms with van der Waals surface area (Å²) in [7, 11) is 0. The molecule has 1 unspecified atom stereocenters. The molecule has 2 N–H and O–H groups in total. The van der Waals surface area contributed by atoms with E-state index in [1.807, 2.05) is 25.1 Å². The summed E-state index contributed by atoms with van der Waals surface area (Å²) in [5.74, 6) is 0.572. The van der Waals surface area contributed by atoms with E-state index in [0.717, 1.165) is 35.2 Å². The number of piperidine rings is 1. The van der Waals surface area contributed by atoms with Crippen molar-refractivity contribution in [2.45, 2.75) is 19.8 Å². The highest BCUT2D eigenvalue weighted by molar-refractivity contribution is 9.10. The van der Waals surface area contributed by atoms with Crippen molar-refractivity contribution in [3.8, 4) is 0 Å². The van der Waals surface area contributed by atoms with E-state index in [1.54, 1.807) is 0 Å². The smallest absolute Gasteiger partial charge is 0.252 e. The van der Waals surface area contributed by atoms with Gasteiger partial charge in [0, 0.05) is 11.0 Å². The van der Waals surface area contributed by atoms with E-state index >= 15 is 0 Å². The molecule has 1 aromatic rings. The highest BCUT2D eigenvalue weighted by Crippen LogP contribution is 2.21. The molecule has 0 aromatic heterocycles. The standard InChI is InChI=1S/C14H19BrN2O/c1-10-4-2-6-12(13(10)15)14(18)17-9-11-5-3-7-16-8-11/h2,4,6,11,16H,3,5,7-9H2,1H3,(H,17,18). The molecule has 1 fully saturated rings. The second-order valence-corrected chi connectivity index (χ2v) is 5.65. The van der Waals surface area contributed by atoms with E-state index in [4.69, 9.17) is 0 Å². The van der Waals surface area contributed by atoms with Gasteiger partial charge in [-0.3, -0.25) is 4.79 Å². The summed E-state index contributed by atoms with van der Waals surface area (Å²) in [5.41, 5.74) is 1.81. The fraction of sp³-hybridized carbons (Fsp3) is 0.500. The third-order valence-corrected chi connectivity index (χ3v) is 4.44. The molecular formula is C14H19BrN2O. The topological polar surface area (TPSA) is 41.1 Å². The molecule has 18 heavy (non-hydrogen) atoms. The van der Waals surface area contributed by atoms with Gasteiger partial charge in [0.1, 0.15) is 0 Å². The Hall–Kier alpha value is -0.870. The van der Waals surface area contributed by atoms with Crippen molar-refractivity contribution in [1.29, 1.82) is 0 Å². The molecule has 1 aliphatic rings. The number of hydrogen-bond donors (Lipinski definition) is 2. The molecule has 1 atom stereocenters. The predicted octanol–water partition coefficient (Wildman–Crippen LogP) is 2.49. The minimum absolute atomic E-state index is 0.0103. The van der Waals surface area contributed by atoms with E-state index in [1.165, 1.54) is 12.8 Å². The summed E-state index contributed by atoms with van der Waals surface area (Å²) in [4.78, 5) is 12.1. The van der Waals surface area contributed by atoms with Crippen LogP contribution in [-0.2, 0) is 0 Å². The first-order valence-corrected chi connectivity index (χ1v) is 7.22. The molecule has 1 amide bonds. The first kappa shape index (κ1) is 13.6. The van der Waals surface area contributed by atoms with Crippen molar-refractivity contribution in [2.24, 2.45) is 5.92 Å². The normalized spacial score (nSPS) is 19.6. The van der Waals surface area contributed by atoms with E-state index in [-0.39, 0.29) is 5.91 Å². The molecule has 1 aliphatic heterocycles.